The third-order valence-corrected chi connectivity index (χ3v) is 6.38. The van der Waals surface area contributed by atoms with E-state index in [0.29, 0.717) is 0 Å². The second-order valence-electron chi connectivity index (χ2n) is 8.17. The van der Waals surface area contributed by atoms with Crippen LogP contribution in [0.15, 0.2) is 54.7 Å². The van der Waals surface area contributed by atoms with Gasteiger partial charge in [-0.1, -0.05) is 37.1 Å². The number of pyridine rings is 1. The molecular formula is C25H30N4S. The molecular weight excluding hydrogens is 388 g/mol. The quantitative estimate of drug-likeness (QED) is 0.531. The van der Waals surface area contributed by atoms with Crippen molar-refractivity contribution in [2.24, 2.45) is 0 Å². The lowest BCUT2D eigenvalue weighted by molar-refractivity contribution is 0.312. The van der Waals surface area contributed by atoms with Crippen LogP contribution in [0.2, 0.25) is 0 Å². The van der Waals surface area contributed by atoms with Gasteiger partial charge in [-0.05, 0) is 75.3 Å². The SMILES string of the molecule is CCCCN1C(=S)N[C@H](c2ccccn2)[C@H]1c1cc(C)n(-c2ccc(C)cc2)c1C. The molecule has 5 heteroatoms. The number of hydrogen-bond donors (Lipinski definition) is 1. The number of benzene rings is 1. The molecule has 4 nitrogen and oxygen atoms in total. The summed E-state index contributed by atoms with van der Waals surface area (Å²) in [7, 11) is 0. The van der Waals surface area contributed by atoms with Gasteiger partial charge in [0.1, 0.15) is 0 Å². The summed E-state index contributed by atoms with van der Waals surface area (Å²) in [6.45, 7) is 9.70. The van der Waals surface area contributed by atoms with Crippen molar-refractivity contribution in [3.05, 3.63) is 82.9 Å². The Morgan fingerprint density at radius 2 is 1.83 bits per heavy atom. The molecule has 1 aromatic carbocycles. The zero-order chi connectivity index (χ0) is 21.3. The van der Waals surface area contributed by atoms with Crippen LogP contribution in [0.3, 0.4) is 0 Å². The normalized spacial score (nSPS) is 18.7. The molecule has 3 aromatic rings. The van der Waals surface area contributed by atoms with Gasteiger partial charge in [-0.3, -0.25) is 4.98 Å². The molecule has 0 bridgehead atoms. The van der Waals surface area contributed by atoms with Crippen LogP contribution in [0.4, 0.5) is 0 Å². The van der Waals surface area contributed by atoms with Gasteiger partial charge in [0.2, 0.25) is 0 Å². The van der Waals surface area contributed by atoms with Crippen LogP contribution in [0, 0.1) is 20.8 Å². The topological polar surface area (TPSA) is 33.1 Å². The van der Waals surface area contributed by atoms with Crippen molar-refractivity contribution in [1.29, 1.82) is 0 Å². The Morgan fingerprint density at radius 1 is 1.07 bits per heavy atom. The Hall–Kier alpha value is -2.66. The fourth-order valence-corrected chi connectivity index (χ4v) is 4.82. The Labute approximate surface area is 184 Å². The van der Waals surface area contributed by atoms with Crippen molar-refractivity contribution < 1.29 is 0 Å². The Kier molecular flexibility index (Phi) is 5.91. The summed E-state index contributed by atoms with van der Waals surface area (Å²) < 4.78 is 2.35. The molecule has 1 saturated heterocycles. The number of thiocarbonyl (C=S) groups is 1. The molecule has 4 rings (SSSR count). The van der Waals surface area contributed by atoms with Crippen molar-refractivity contribution in [3.8, 4) is 5.69 Å². The number of rotatable bonds is 6. The van der Waals surface area contributed by atoms with E-state index in [1.165, 1.54) is 28.2 Å². The molecule has 156 valence electrons. The standard InChI is InChI=1S/C25H30N4S/c1-5-6-15-28-24(23(27-25(28)30)22-9-7-8-14-26-22)21-16-18(3)29(19(21)4)20-12-10-17(2)11-13-20/h7-14,16,23-24H,5-6,15H2,1-4H3,(H,27,30)/t23-,24-/m1/s1. The van der Waals surface area contributed by atoms with Gasteiger partial charge in [0.15, 0.2) is 5.11 Å². The van der Waals surface area contributed by atoms with Crippen LogP contribution in [-0.4, -0.2) is 26.1 Å². The fraction of sp³-hybridized carbons (Fsp3) is 0.360. The minimum absolute atomic E-state index is 0.0440. The summed E-state index contributed by atoms with van der Waals surface area (Å²) in [6, 6.07) is 17.3. The summed E-state index contributed by atoms with van der Waals surface area (Å²) in [5, 5.41) is 4.39. The monoisotopic (exact) mass is 418 g/mol. The number of hydrogen-bond acceptors (Lipinski definition) is 2. The van der Waals surface area contributed by atoms with E-state index in [0.717, 1.165) is 30.2 Å². The molecule has 3 heterocycles. The van der Waals surface area contributed by atoms with Crippen LogP contribution in [0.25, 0.3) is 5.69 Å². The molecule has 0 saturated carbocycles. The first kappa shape index (κ1) is 20.6. The molecule has 0 spiro atoms. The summed E-state index contributed by atoms with van der Waals surface area (Å²) in [6.07, 6.45) is 4.12. The van der Waals surface area contributed by atoms with Crippen LogP contribution in [0.5, 0.6) is 0 Å². The van der Waals surface area contributed by atoms with Gasteiger partial charge < -0.3 is 14.8 Å². The van der Waals surface area contributed by atoms with E-state index in [2.05, 4.69) is 89.9 Å². The van der Waals surface area contributed by atoms with Gasteiger partial charge in [0.25, 0.3) is 0 Å². The molecule has 0 unspecified atom stereocenters. The third kappa shape index (κ3) is 3.74. The first-order chi connectivity index (χ1) is 14.5. The van der Waals surface area contributed by atoms with Crippen LogP contribution >= 0.6 is 12.2 Å². The second-order valence-corrected chi connectivity index (χ2v) is 8.56. The third-order valence-electron chi connectivity index (χ3n) is 6.03. The highest BCUT2D eigenvalue weighted by molar-refractivity contribution is 7.80. The van der Waals surface area contributed by atoms with E-state index in [1.54, 1.807) is 0 Å². The Bertz CT molecular complexity index is 1020. The highest BCUT2D eigenvalue weighted by Crippen LogP contribution is 2.41. The Morgan fingerprint density at radius 3 is 2.50 bits per heavy atom. The summed E-state index contributed by atoms with van der Waals surface area (Å²) >= 11 is 5.78. The molecule has 1 aliphatic heterocycles. The largest absolute Gasteiger partial charge is 0.352 e. The predicted octanol–water partition coefficient (Wildman–Crippen LogP) is 5.57. The highest BCUT2D eigenvalue weighted by Gasteiger charge is 2.41. The molecule has 2 atom stereocenters. The van der Waals surface area contributed by atoms with E-state index >= 15 is 0 Å². The number of unbranched alkanes of at least 4 members (excludes halogenated alkanes) is 1. The lowest BCUT2D eigenvalue weighted by Crippen LogP contribution is -2.30. The predicted molar refractivity (Wildman–Crippen MR) is 127 cm³/mol. The van der Waals surface area contributed by atoms with E-state index in [1.807, 2.05) is 12.3 Å². The average Bonchev–Trinajstić information content (AvgIpc) is 3.23. The second kappa shape index (κ2) is 8.60. The zero-order valence-corrected chi connectivity index (χ0v) is 19.0. The number of aromatic nitrogens is 2. The van der Waals surface area contributed by atoms with E-state index in [-0.39, 0.29) is 12.1 Å². The summed E-state index contributed by atoms with van der Waals surface area (Å²) in [4.78, 5) is 7.02. The fourth-order valence-electron chi connectivity index (χ4n) is 4.49. The van der Waals surface area contributed by atoms with E-state index < -0.39 is 0 Å². The molecule has 0 aliphatic carbocycles. The maximum atomic E-state index is 5.78. The Balaban J connectivity index is 1.81. The molecule has 2 aromatic heterocycles. The molecule has 1 fully saturated rings. The van der Waals surface area contributed by atoms with Gasteiger partial charge >= 0.3 is 0 Å². The van der Waals surface area contributed by atoms with E-state index in [9.17, 15) is 0 Å². The first-order valence-corrected chi connectivity index (χ1v) is 11.2. The van der Waals surface area contributed by atoms with Crippen molar-refractivity contribution in [1.82, 2.24) is 19.8 Å². The summed E-state index contributed by atoms with van der Waals surface area (Å²) in [5.41, 5.74) is 7.31. The van der Waals surface area contributed by atoms with Crippen molar-refractivity contribution in [2.45, 2.75) is 52.6 Å². The maximum absolute atomic E-state index is 5.78. The number of nitrogens with one attached hydrogen (secondary N) is 1. The molecule has 1 N–H and O–H groups in total. The highest BCUT2D eigenvalue weighted by atomic mass is 32.1. The lowest BCUT2D eigenvalue weighted by atomic mass is 9.96. The van der Waals surface area contributed by atoms with Crippen LogP contribution in [0.1, 0.15) is 60.1 Å². The van der Waals surface area contributed by atoms with E-state index in [4.69, 9.17) is 12.2 Å². The average molecular weight is 419 g/mol. The minimum Gasteiger partial charge on any atom is -0.352 e. The van der Waals surface area contributed by atoms with Gasteiger partial charge in [-0.25, -0.2) is 0 Å². The molecule has 0 radical (unpaired) electrons. The number of nitrogens with zero attached hydrogens (tertiary/aromatic N) is 3. The minimum atomic E-state index is 0.0440. The molecule has 1 aliphatic rings. The molecule has 30 heavy (non-hydrogen) atoms. The van der Waals surface area contributed by atoms with Crippen molar-refractivity contribution >= 4 is 17.3 Å². The van der Waals surface area contributed by atoms with Crippen molar-refractivity contribution in [3.63, 3.8) is 0 Å². The van der Waals surface area contributed by atoms with Gasteiger partial charge in [0, 0.05) is 29.8 Å². The van der Waals surface area contributed by atoms with Gasteiger partial charge in [-0.15, -0.1) is 0 Å². The van der Waals surface area contributed by atoms with Gasteiger partial charge in [0.05, 0.1) is 17.8 Å². The van der Waals surface area contributed by atoms with Gasteiger partial charge in [-0.2, -0.15) is 0 Å². The maximum Gasteiger partial charge on any atom is 0.170 e. The molecule has 0 amide bonds. The lowest BCUT2D eigenvalue weighted by Gasteiger charge is -2.28. The van der Waals surface area contributed by atoms with Crippen LogP contribution in [-0.2, 0) is 0 Å². The first-order valence-electron chi connectivity index (χ1n) is 10.7. The smallest absolute Gasteiger partial charge is 0.170 e. The van der Waals surface area contributed by atoms with Crippen molar-refractivity contribution in [2.75, 3.05) is 6.54 Å². The van der Waals surface area contributed by atoms with Crippen LogP contribution < -0.4 is 5.32 Å². The zero-order valence-electron chi connectivity index (χ0n) is 18.2. The summed E-state index contributed by atoms with van der Waals surface area (Å²) in [5.74, 6) is 0. The number of aryl methyl sites for hydroxylation is 2.